The Kier molecular flexibility index (Phi) is 4.68. The number of hydrogen-bond donors (Lipinski definition) is 2. The largest absolute Gasteiger partial charge is 0.384 e. The number of carbonyl (C=O) groups excluding carboxylic acids is 1. The van der Waals surface area contributed by atoms with Gasteiger partial charge in [0.05, 0.1) is 5.56 Å². The molecule has 1 amide bonds. The second-order valence-corrected chi connectivity index (χ2v) is 4.80. The number of carbonyl (C=O) groups is 1. The summed E-state index contributed by atoms with van der Waals surface area (Å²) in [6.45, 7) is -0.291. The van der Waals surface area contributed by atoms with E-state index in [0.717, 1.165) is 6.07 Å². The van der Waals surface area contributed by atoms with E-state index in [1.807, 2.05) is 0 Å². The molecule has 0 aliphatic heterocycles. The summed E-state index contributed by atoms with van der Waals surface area (Å²) < 4.78 is 13.2. The molecule has 0 atom stereocenters. The molecular formula is C15H9FN2O2S. The van der Waals surface area contributed by atoms with Gasteiger partial charge in [-0.05, 0) is 29.6 Å². The zero-order valence-corrected chi connectivity index (χ0v) is 11.5. The number of benzene rings is 1. The van der Waals surface area contributed by atoms with Crippen LogP contribution in [-0.2, 0) is 0 Å². The van der Waals surface area contributed by atoms with Crippen molar-refractivity contribution in [1.29, 1.82) is 5.26 Å². The highest BCUT2D eigenvalue weighted by atomic mass is 32.1. The lowest BCUT2D eigenvalue weighted by Gasteiger charge is -2.05. The molecule has 0 unspecified atom stereocenters. The standard InChI is InChI=1S/C15H9FN2O2S/c16-13-4-3-12(8-11(13)9-17)18-15(20)14-10(2-1-6-19)5-7-21-14/h3-5,7-8,19H,6H2,(H,18,20). The van der Waals surface area contributed by atoms with Gasteiger partial charge in [0.1, 0.15) is 23.4 Å². The zero-order chi connectivity index (χ0) is 15.2. The number of halogens is 1. The quantitative estimate of drug-likeness (QED) is 0.836. The van der Waals surface area contributed by atoms with Crippen LogP contribution in [0.3, 0.4) is 0 Å². The number of nitriles is 1. The van der Waals surface area contributed by atoms with Gasteiger partial charge in [0.2, 0.25) is 0 Å². The van der Waals surface area contributed by atoms with Crippen LogP contribution >= 0.6 is 11.3 Å². The van der Waals surface area contributed by atoms with Crippen LogP contribution < -0.4 is 5.32 Å². The molecule has 0 spiro atoms. The minimum atomic E-state index is -0.638. The van der Waals surface area contributed by atoms with Crippen LogP contribution in [0.4, 0.5) is 10.1 Å². The predicted octanol–water partition coefficient (Wildman–Crippen LogP) is 2.35. The topological polar surface area (TPSA) is 73.1 Å². The van der Waals surface area contributed by atoms with Crippen molar-refractivity contribution in [2.75, 3.05) is 11.9 Å². The molecule has 0 aliphatic carbocycles. The van der Waals surface area contributed by atoms with Crippen LogP contribution in [0.25, 0.3) is 0 Å². The zero-order valence-electron chi connectivity index (χ0n) is 10.7. The number of thiophene rings is 1. The third-order valence-corrected chi connectivity index (χ3v) is 3.43. The average Bonchev–Trinajstić information content (AvgIpc) is 2.95. The van der Waals surface area contributed by atoms with E-state index >= 15 is 0 Å². The van der Waals surface area contributed by atoms with Gasteiger partial charge in [-0.15, -0.1) is 11.3 Å². The second kappa shape index (κ2) is 6.67. The summed E-state index contributed by atoms with van der Waals surface area (Å²) in [5, 5.41) is 21.7. The highest BCUT2D eigenvalue weighted by Gasteiger charge is 2.13. The second-order valence-electron chi connectivity index (χ2n) is 3.88. The lowest BCUT2D eigenvalue weighted by molar-refractivity contribution is 0.103. The van der Waals surface area contributed by atoms with E-state index in [2.05, 4.69) is 17.2 Å². The van der Waals surface area contributed by atoms with E-state index in [9.17, 15) is 9.18 Å². The van der Waals surface area contributed by atoms with Gasteiger partial charge in [-0.3, -0.25) is 4.79 Å². The summed E-state index contributed by atoms with van der Waals surface area (Å²) in [7, 11) is 0. The van der Waals surface area contributed by atoms with Crippen molar-refractivity contribution in [3.63, 3.8) is 0 Å². The minimum Gasteiger partial charge on any atom is -0.384 e. The summed E-state index contributed by atoms with van der Waals surface area (Å²) >= 11 is 1.21. The Morgan fingerprint density at radius 1 is 1.38 bits per heavy atom. The maximum absolute atomic E-state index is 13.2. The van der Waals surface area contributed by atoms with Gasteiger partial charge in [-0.2, -0.15) is 5.26 Å². The van der Waals surface area contributed by atoms with E-state index in [1.54, 1.807) is 17.5 Å². The summed E-state index contributed by atoms with van der Waals surface area (Å²) in [6.07, 6.45) is 0. The van der Waals surface area contributed by atoms with E-state index in [0.29, 0.717) is 16.1 Å². The van der Waals surface area contributed by atoms with Crippen molar-refractivity contribution in [2.45, 2.75) is 0 Å². The lowest BCUT2D eigenvalue weighted by atomic mass is 10.2. The first kappa shape index (κ1) is 14.7. The van der Waals surface area contributed by atoms with Crippen LogP contribution in [0, 0.1) is 29.0 Å². The van der Waals surface area contributed by atoms with Gasteiger partial charge in [0.15, 0.2) is 0 Å². The van der Waals surface area contributed by atoms with E-state index in [-0.39, 0.29) is 12.2 Å². The molecule has 2 rings (SSSR count). The van der Waals surface area contributed by atoms with E-state index in [1.165, 1.54) is 23.5 Å². The Morgan fingerprint density at radius 3 is 2.90 bits per heavy atom. The smallest absolute Gasteiger partial charge is 0.267 e. The predicted molar refractivity (Wildman–Crippen MR) is 77.4 cm³/mol. The fraction of sp³-hybridized carbons (Fsp3) is 0.0667. The Balaban J connectivity index is 2.23. The molecule has 0 radical (unpaired) electrons. The maximum Gasteiger partial charge on any atom is 0.267 e. The summed E-state index contributed by atoms with van der Waals surface area (Å²) in [5.74, 6) is 4.12. The number of hydrogen-bond acceptors (Lipinski definition) is 4. The Labute approximate surface area is 124 Å². The molecule has 2 aromatic rings. The molecular weight excluding hydrogens is 291 g/mol. The number of rotatable bonds is 2. The van der Waals surface area contributed by atoms with Crippen molar-refractivity contribution in [2.24, 2.45) is 0 Å². The first-order chi connectivity index (χ1) is 10.2. The number of nitrogens with one attached hydrogen (secondary N) is 1. The van der Waals surface area contributed by atoms with Crippen molar-refractivity contribution in [3.05, 3.63) is 51.5 Å². The molecule has 104 valence electrons. The molecule has 0 bridgehead atoms. The Morgan fingerprint density at radius 2 is 2.19 bits per heavy atom. The van der Waals surface area contributed by atoms with Crippen LogP contribution in [-0.4, -0.2) is 17.6 Å². The first-order valence-corrected chi connectivity index (χ1v) is 6.72. The molecule has 0 aliphatic rings. The summed E-state index contributed by atoms with van der Waals surface area (Å²) in [6, 6.07) is 7.14. The van der Waals surface area contributed by atoms with Crippen LogP contribution in [0.5, 0.6) is 0 Å². The van der Waals surface area contributed by atoms with Crippen LogP contribution in [0.1, 0.15) is 20.8 Å². The maximum atomic E-state index is 13.2. The molecule has 1 heterocycles. The highest BCUT2D eigenvalue weighted by Crippen LogP contribution is 2.19. The average molecular weight is 300 g/mol. The number of amides is 1. The molecule has 1 aromatic heterocycles. The summed E-state index contributed by atoms with van der Waals surface area (Å²) in [4.78, 5) is 12.5. The van der Waals surface area contributed by atoms with Crippen molar-refractivity contribution in [3.8, 4) is 17.9 Å². The van der Waals surface area contributed by atoms with Gasteiger partial charge in [-0.1, -0.05) is 11.8 Å². The summed E-state index contributed by atoms with van der Waals surface area (Å²) in [5.41, 5.74) is 0.695. The van der Waals surface area contributed by atoms with Crippen LogP contribution in [0.2, 0.25) is 0 Å². The van der Waals surface area contributed by atoms with Gasteiger partial charge in [0.25, 0.3) is 5.91 Å². The molecule has 6 heteroatoms. The first-order valence-electron chi connectivity index (χ1n) is 5.84. The van der Waals surface area contributed by atoms with Crippen molar-refractivity contribution < 1.29 is 14.3 Å². The molecule has 4 nitrogen and oxygen atoms in total. The van der Waals surface area contributed by atoms with Gasteiger partial charge < -0.3 is 10.4 Å². The number of anilines is 1. The van der Waals surface area contributed by atoms with Gasteiger partial charge >= 0.3 is 0 Å². The molecule has 0 saturated carbocycles. The fourth-order valence-corrected chi connectivity index (χ4v) is 2.34. The fourth-order valence-electron chi connectivity index (χ4n) is 1.59. The number of nitrogens with zero attached hydrogens (tertiary/aromatic N) is 1. The molecule has 0 fully saturated rings. The molecule has 0 saturated heterocycles. The highest BCUT2D eigenvalue weighted by molar-refractivity contribution is 7.12. The molecule has 2 N–H and O–H groups in total. The molecule has 21 heavy (non-hydrogen) atoms. The molecule has 1 aromatic carbocycles. The Bertz CT molecular complexity index is 781. The lowest BCUT2D eigenvalue weighted by Crippen LogP contribution is -2.11. The van der Waals surface area contributed by atoms with E-state index in [4.69, 9.17) is 10.4 Å². The third kappa shape index (κ3) is 3.46. The number of aliphatic hydroxyl groups is 1. The van der Waals surface area contributed by atoms with Gasteiger partial charge in [-0.25, -0.2) is 4.39 Å². The third-order valence-electron chi connectivity index (χ3n) is 2.52. The van der Waals surface area contributed by atoms with E-state index < -0.39 is 11.7 Å². The van der Waals surface area contributed by atoms with Gasteiger partial charge in [0, 0.05) is 11.3 Å². The monoisotopic (exact) mass is 300 g/mol. The number of aliphatic hydroxyl groups excluding tert-OH is 1. The van der Waals surface area contributed by atoms with Crippen molar-refractivity contribution >= 4 is 22.9 Å². The normalized spacial score (nSPS) is 9.38. The van der Waals surface area contributed by atoms with Crippen molar-refractivity contribution in [1.82, 2.24) is 0 Å². The Hall–Kier alpha value is -2.67. The SMILES string of the molecule is N#Cc1cc(NC(=O)c2sccc2C#CCO)ccc1F. The van der Waals surface area contributed by atoms with Crippen LogP contribution in [0.15, 0.2) is 29.6 Å². The minimum absolute atomic E-state index is 0.140.